The summed E-state index contributed by atoms with van der Waals surface area (Å²) in [5.41, 5.74) is 2.42. The van der Waals surface area contributed by atoms with E-state index in [0.717, 1.165) is 44.0 Å². The van der Waals surface area contributed by atoms with Crippen molar-refractivity contribution in [3.05, 3.63) is 34.3 Å². The van der Waals surface area contributed by atoms with Gasteiger partial charge in [0.15, 0.2) is 0 Å². The third-order valence-corrected chi connectivity index (χ3v) is 4.61. The van der Waals surface area contributed by atoms with Gasteiger partial charge in [-0.25, -0.2) is 0 Å². The SMILES string of the molecule is CC(C)NCc1cccc(CC(C)NC2CCOCC2)c1Cl. The zero-order valence-electron chi connectivity index (χ0n) is 14.0. The van der Waals surface area contributed by atoms with E-state index in [-0.39, 0.29) is 0 Å². The molecule has 124 valence electrons. The van der Waals surface area contributed by atoms with E-state index in [0.29, 0.717) is 18.1 Å². The van der Waals surface area contributed by atoms with E-state index in [4.69, 9.17) is 16.3 Å². The van der Waals surface area contributed by atoms with Crippen LogP contribution in [0.4, 0.5) is 0 Å². The second-order valence-corrected chi connectivity index (χ2v) is 6.96. The first-order valence-electron chi connectivity index (χ1n) is 8.39. The molecule has 0 radical (unpaired) electrons. The number of benzene rings is 1. The predicted octanol–water partition coefficient (Wildman–Crippen LogP) is 3.54. The van der Waals surface area contributed by atoms with E-state index >= 15 is 0 Å². The Hall–Kier alpha value is -0.610. The molecule has 1 saturated heterocycles. The molecule has 1 fully saturated rings. The maximum atomic E-state index is 6.59. The van der Waals surface area contributed by atoms with Crippen LogP contribution in [0.2, 0.25) is 5.02 Å². The van der Waals surface area contributed by atoms with E-state index in [1.165, 1.54) is 11.1 Å². The third kappa shape index (κ3) is 5.54. The monoisotopic (exact) mass is 324 g/mol. The van der Waals surface area contributed by atoms with E-state index < -0.39 is 0 Å². The Labute approximate surface area is 139 Å². The molecule has 1 aliphatic heterocycles. The molecule has 1 aromatic carbocycles. The smallest absolute Gasteiger partial charge is 0.0483 e. The minimum absolute atomic E-state index is 0.425. The molecule has 1 aliphatic rings. The largest absolute Gasteiger partial charge is 0.381 e. The van der Waals surface area contributed by atoms with Gasteiger partial charge in [-0.2, -0.15) is 0 Å². The quantitative estimate of drug-likeness (QED) is 0.805. The molecule has 3 nitrogen and oxygen atoms in total. The van der Waals surface area contributed by atoms with E-state index in [1.807, 2.05) is 0 Å². The summed E-state index contributed by atoms with van der Waals surface area (Å²) < 4.78 is 5.41. The normalized spacial score (nSPS) is 17.9. The number of hydrogen-bond acceptors (Lipinski definition) is 3. The van der Waals surface area contributed by atoms with Crippen molar-refractivity contribution in [2.75, 3.05) is 13.2 Å². The van der Waals surface area contributed by atoms with Crippen molar-refractivity contribution in [2.45, 2.75) is 64.7 Å². The summed E-state index contributed by atoms with van der Waals surface area (Å²) in [6.07, 6.45) is 3.18. The van der Waals surface area contributed by atoms with Crippen molar-refractivity contribution < 1.29 is 4.74 Å². The summed E-state index contributed by atoms with van der Waals surface area (Å²) in [6, 6.07) is 7.83. The van der Waals surface area contributed by atoms with Gasteiger partial charge in [-0.15, -0.1) is 0 Å². The molecule has 2 rings (SSSR count). The summed E-state index contributed by atoms with van der Waals surface area (Å²) in [7, 11) is 0. The molecule has 1 atom stereocenters. The molecule has 0 spiro atoms. The molecule has 4 heteroatoms. The average molecular weight is 325 g/mol. The number of hydrogen-bond donors (Lipinski definition) is 2. The summed E-state index contributed by atoms with van der Waals surface area (Å²) in [6.45, 7) is 9.12. The summed E-state index contributed by atoms with van der Waals surface area (Å²) in [4.78, 5) is 0. The van der Waals surface area contributed by atoms with Gasteiger partial charge in [0, 0.05) is 42.9 Å². The van der Waals surface area contributed by atoms with Gasteiger partial charge in [-0.05, 0) is 37.3 Å². The molecular formula is C18H29ClN2O. The topological polar surface area (TPSA) is 33.3 Å². The Morgan fingerprint density at radius 1 is 1.18 bits per heavy atom. The van der Waals surface area contributed by atoms with Gasteiger partial charge in [0.05, 0.1) is 0 Å². The summed E-state index contributed by atoms with van der Waals surface area (Å²) >= 11 is 6.59. The van der Waals surface area contributed by atoms with Crippen LogP contribution in [-0.2, 0) is 17.7 Å². The number of nitrogens with one attached hydrogen (secondary N) is 2. The molecule has 1 unspecified atom stereocenters. The van der Waals surface area contributed by atoms with E-state index in [2.05, 4.69) is 49.6 Å². The number of ether oxygens (including phenoxy) is 1. The fourth-order valence-electron chi connectivity index (χ4n) is 2.90. The Morgan fingerprint density at radius 2 is 1.86 bits per heavy atom. The average Bonchev–Trinajstić information content (AvgIpc) is 2.49. The van der Waals surface area contributed by atoms with Crippen LogP contribution in [0.15, 0.2) is 18.2 Å². The third-order valence-electron chi connectivity index (χ3n) is 4.13. The molecular weight excluding hydrogens is 296 g/mol. The predicted molar refractivity (Wildman–Crippen MR) is 93.6 cm³/mol. The van der Waals surface area contributed by atoms with Crippen LogP contribution < -0.4 is 10.6 Å². The van der Waals surface area contributed by atoms with Gasteiger partial charge in [0.1, 0.15) is 0 Å². The Kier molecular flexibility index (Phi) is 7.16. The molecule has 22 heavy (non-hydrogen) atoms. The van der Waals surface area contributed by atoms with E-state index in [9.17, 15) is 0 Å². The van der Waals surface area contributed by atoms with Crippen LogP contribution in [0.5, 0.6) is 0 Å². The minimum Gasteiger partial charge on any atom is -0.381 e. The van der Waals surface area contributed by atoms with Crippen molar-refractivity contribution in [3.8, 4) is 0 Å². The molecule has 1 aromatic rings. The highest BCUT2D eigenvalue weighted by Gasteiger charge is 2.17. The van der Waals surface area contributed by atoms with Crippen molar-refractivity contribution in [3.63, 3.8) is 0 Å². The first-order valence-corrected chi connectivity index (χ1v) is 8.77. The lowest BCUT2D eigenvalue weighted by molar-refractivity contribution is 0.0755. The number of halogens is 1. The highest BCUT2D eigenvalue weighted by Crippen LogP contribution is 2.23. The lowest BCUT2D eigenvalue weighted by Crippen LogP contribution is -2.41. The fourth-order valence-corrected chi connectivity index (χ4v) is 3.17. The molecule has 2 N–H and O–H groups in total. The molecule has 0 aliphatic carbocycles. The lowest BCUT2D eigenvalue weighted by atomic mass is 10.0. The van der Waals surface area contributed by atoms with Crippen LogP contribution in [0.3, 0.4) is 0 Å². The van der Waals surface area contributed by atoms with Crippen LogP contribution in [0.25, 0.3) is 0 Å². The highest BCUT2D eigenvalue weighted by atomic mass is 35.5. The zero-order chi connectivity index (χ0) is 15.9. The maximum Gasteiger partial charge on any atom is 0.0483 e. The second-order valence-electron chi connectivity index (χ2n) is 6.58. The first kappa shape index (κ1) is 17.7. The van der Waals surface area contributed by atoms with Crippen LogP contribution >= 0.6 is 11.6 Å². The van der Waals surface area contributed by atoms with Gasteiger partial charge in [-0.3, -0.25) is 0 Å². The van der Waals surface area contributed by atoms with Gasteiger partial charge in [-0.1, -0.05) is 43.6 Å². The van der Waals surface area contributed by atoms with Gasteiger partial charge < -0.3 is 15.4 Å². The molecule has 0 aromatic heterocycles. The Bertz CT molecular complexity index is 458. The standard InChI is InChI=1S/C18H29ClN2O/c1-13(2)20-12-16-6-4-5-15(18(16)19)11-14(3)21-17-7-9-22-10-8-17/h4-6,13-14,17,20-21H,7-12H2,1-3H3. The highest BCUT2D eigenvalue weighted by molar-refractivity contribution is 6.32. The molecule has 0 amide bonds. The molecule has 0 saturated carbocycles. The zero-order valence-corrected chi connectivity index (χ0v) is 14.7. The van der Waals surface area contributed by atoms with Crippen LogP contribution in [0, 0.1) is 0 Å². The van der Waals surface area contributed by atoms with Crippen molar-refractivity contribution in [2.24, 2.45) is 0 Å². The van der Waals surface area contributed by atoms with Crippen LogP contribution in [0.1, 0.15) is 44.7 Å². The van der Waals surface area contributed by atoms with E-state index in [1.54, 1.807) is 0 Å². The summed E-state index contributed by atoms with van der Waals surface area (Å²) in [5.74, 6) is 0. The minimum atomic E-state index is 0.425. The van der Waals surface area contributed by atoms with Gasteiger partial charge >= 0.3 is 0 Å². The first-order chi connectivity index (χ1) is 10.6. The lowest BCUT2D eigenvalue weighted by Gasteiger charge is -2.27. The molecule has 0 bridgehead atoms. The number of rotatable bonds is 7. The van der Waals surface area contributed by atoms with Gasteiger partial charge in [0.25, 0.3) is 0 Å². The Morgan fingerprint density at radius 3 is 2.55 bits per heavy atom. The second kappa shape index (κ2) is 8.88. The Balaban J connectivity index is 1.92. The van der Waals surface area contributed by atoms with Crippen molar-refractivity contribution in [1.29, 1.82) is 0 Å². The molecule has 1 heterocycles. The van der Waals surface area contributed by atoms with Crippen molar-refractivity contribution in [1.82, 2.24) is 10.6 Å². The van der Waals surface area contributed by atoms with Gasteiger partial charge in [0.2, 0.25) is 0 Å². The van der Waals surface area contributed by atoms with Crippen LogP contribution in [-0.4, -0.2) is 31.3 Å². The summed E-state index contributed by atoms with van der Waals surface area (Å²) in [5, 5.41) is 8.06. The maximum absolute atomic E-state index is 6.59. The van der Waals surface area contributed by atoms with Crippen molar-refractivity contribution >= 4 is 11.6 Å². The fraction of sp³-hybridized carbons (Fsp3) is 0.667.